The molecular formula is C23H29N11O. The van der Waals surface area contributed by atoms with Gasteiger partial charge in [0.1, 0.15) is 0 Å². The molecular weight excluding hydrogens is 446 g/mol. The van der Waals surface area contributed by atoms with E-state index in [9.17, 15) is 4.79 Å². The van der Waals surface area contributed by atoms with Gasteiger partial charge in [-0.15, -0.1) is 0 Å². The molecule has 35 heavy (non-hydrogen) atoms. The zero-order valence-electron chi connectivity index (χ0n) is 20.5. The summed E-state index contributed by atoms with van der Waals surface area (Å²) in [7, 11) is 3.67. The lowest BCUT2D eigenvalue weighted by Gasteiger charge is -2.45. The van der Waals surface area contributed by atoms with Crippen LogP contribution in [-0.4, -0.2) is 65.0 Å². The lowest BCUT2D eigenvalue weighted by molar-refractivity contribution is -0.120. The first-order valence-electron chi connectivity index (χ1n) is 11.4. The van der Waals surface area contributed by atoms with E-state index in [1.807, 2.05) is 33.3 Å². The average molecular weight is 476 g/mol. The highest BCUT2D eigenvalue weighted by Crippen LogP contribution is 2.29. The molecule has 0 aromatic carbocycles. The van der Waals surface area contributed by atoms with Crippen molar-refractivity contribution in [2.75, 3.05) is 35.6 Å². The van der Waals surface area contributed by atoms with Gasteiger partial charge in [0.2, 0.25) is 11.9 Å². The molecule has 1 aliphatic rings. The maximum atomic E-state index is 12.5. The number of aryl methyl sites for hydroxylation is 3. The average Bonchev–Trinajstić information content (AvgIpc) is 3.31. The largest absolute Gasteiger partial charge is 0.337 e. The van der Waals surface area contributed by atoms with Crippen LogP contribution in [0.25, 0.3) is 11.0 Å². The van der Waals surface area contributed by atoms with Crippen LogP contribution in [0, 0.1) is 12.3 Å². The molecule has 4 aromatic heterocycles. The minimum Gasteiger partial charge on any atom is -0.337 e. The standard InChI is InChI=1S/C23H29N11O/c1-14-18(6-15(7-24-14)27-19(35)11-34-12-23(2,3)13-34)29-20-17-9-25-22(30-21(17)33(5)31-20)28-16-8-26-32(4)10-16/h6-10H,11-13H2,1-5H3,(H,27,35)(H,29,31)(H,25,28,30). The molecule has 12 nitrogen and oxygen atoms in total. The van der Waals surface area contributed by atoms with E-state index >= 15 is 0 Å². The van der Waals surface area contributed by atoms with Crippen LogP contribution in [-0.2, 0) is 18.9 Å². The van der Waals surface area contributed by atoms with Crippen molar-refractivity contribution in [1.29, 1.82) is 0 Å². The second-order valence-corrected chi connectivity index (χ2v) is 9.77. The van der Waals surface area contributed by atoms with Gasteiger partial charge in [-0.05, 0) is 18.4 Å². The summed E-state index contributed by atoms with van der Waals surface area (Å²) < 4.78 is 3.39. The molecule has 0 radical (unpaired) electrons. The first-order valence-corrected chi connectivity index (χ1v) is 11.4. The van der Waals surface area contributed by atoms with Crippen molar-refractivity contribution in [3.63, 3.8) is 0 Å². The van der Waals surface area contributed by atoms with Gasteiger partial charge >= 0.3 is 0 Å². The summed E-state index contributed by atoms with van der Waals surface area (Å²) in [5.74, 6) is 1.00. The van der Waals surface area contributed by atoms with Gasteiger partial charge < -0.3 is 16.0 Å². The summed E-state index contributed by atoms with van der Waals surface area (Å²) in [6, 6.07) is 1.86. The predicted molar refractivity (Wildman–Crippen MR) is 134 cm³/mol. The fourth-order valence-corrected chi connectivity index (χ4v) is 4.34. The highest BCUT2D eigenvalue weighted by Gasteiger charge is 2.34. The molecule has 182 valence electrons. The van der Waals surface area contributed by atoms with Crippen LogP contribution in [0.5, 0.6) is 0 Å². The summed E-state index contributed by atoms with van der Waals surface area (Å²) in [5, 5.41) is 18.9. The van der Waals surface area contributed by atoms with Crippen molar-refractivity contribution in [2.24, 2.45) is 19.5 Å². The van der Waals surface area contributed by atoms with Crippen LogP contribution >= 0.6 is 0 Å². The molecule has 1 amide bonds. The Morgan fingerprint density at radius 1 is 1.09 bits per heavy atom. The molecule has 12 heteroatoms. The molecule has 3 N–H and O–H groups in total. The maximum absolute atomic E-state index is 12.5. The molecule has 5 heterocycles. The van der Waals surface area contributed by atoms with E-state index < -0.39 is 0 Å². The molecule has 0 atom stereocenters. The van der Waals surface area contributed by atoms with Crippen molar-refractivity contribution >= 4 is 45.8 Å². The Morgan fingerprint density at radius 3 is 2.60 bits per heavy atom. The van der Waals surface area contributed by atoms with E-state index in [-0.39, 0.29) is 11.3 Å². The molecule has 0 spiro atoms. The Morgan fingerprint density at radius 2 is 1.89 bits per heavy atom. The van der Waals surface area contributed by atoms with Crippen LogP contribution in [0.4, 0.5) is 28.8 Å². The third kappa shape index (κ3) is 4.92. The zero-order chi connectivity index (χ0) is 24.7. The molecule has 0 saturated carbocycles. The van der Waals surface area contributed by atoms with Gasteiger partial charge in [0.25, 0.3) is 0 Å². The number of nitrogens with zero attached hydrogens (tertiary/aromatic N) is 8. The number of hydrogen-bond acceptors (Lipinski definition) is 9. The quantitative estimate of drug-likeness (QED) is 0.369. The van der Waals surface area contributed by atoms with E-state index in [0.717, 1.165) is 35.5 Å². The second-order valence-electron chi connectivity index (χ2n) is 9.77. The smallest absolute Gasteiger partial charge is 0.238 e. The van der Waals surface area contributed by atoms with Gasteiger partial charge in [0, 0.05) is 39.6 Å². The van der Waals surface area contributed by atoms with E-state index in [1.54, 1.807) is 28.0 Å². The minimum absolute atomic E-state index is 0.0533. The number of pyridine rings is 1. The summed E-state index contributed by atoms with van der Waals surface area (Å²) >= 11 is 0. The number of fused-ring (bicyclic) bond motifs is 1. The number of anilines is 5. The third-order valence-electron chi connectivity index (χ3n) is 5.84. The number of likely N-dealkylation sites (tertiary alicyclic amines) is 1. The maximum Gasteiger partial charge on any atom is 0.238 e. The van der Waals surface area contributed by atoms with Crippen molar-refractivity contribution in [2.45, 2.75) is 20.8 Å². The first-order chi connectivity index (χ1) is 16.6. The van der Waals surface area contributed by atoms with E-state index in [2.05, 4.69) is 59.8 Å². The van der Waals surface area contributed by atoms with Crippen LogP contribution in [0.3, 0.4) is 0 Å². The summed E-state index contributed by atoms with van der Waals surface area (Å²) in [6.45, 7) is 8.52. The minimum atomic E-state index is -0.0533. The zero-order valence-corrected chi connectivity index (χ0v) is 20.5. The Labute approximate surface area is 202 Å². The van der Waals surface area contributed by atoms with Gasteiger partial charge in [-0.25, -0.2) is 9.67 Å². The highest BCUT2D eigenvalue weighted by molar-refractivity contribution is 5.93. The summed E-state index contributed by atoms with van der Waals surface area (Å²) in [5.41, 5.74) is 3.90. The SMILES string of the molecule is Cc1ncc(NC(=O)CN2CC(C)(C)C2)cc1Nc1nn(C)c2nc(Nc3cnn(C)c3)ncc12. The highest BCUT2D eigenvalue weighted by atomic mass is 16.2. The predicted octanol–water partition coefficient (Wildman–Crippen LogP) is 2.57. The van der Waals surface area contributed by atoms with Crippen LogP contribution in [0.15, 0.2) is 30.9 Å². The number of aromatic nitrogens is 7. The lowest BCUT2D eigenvalue weighted by Crippen LogP contribution is -2.54. The molecule has 0 aliphatic carbocycles. The molecule has 0 bridgehead atoms. The van der Waals surface area contributed by atoms with Gasteiger partial charge in [0.05, 0.1) is 47.1 Å². The van der Waals surface area contributed by atoms with Crippen molar-refractivity contribution in [3.8, 4) is 0 Å². The molecule has 1 aliphatic heterocycles. The number of nitrogens with one attached hydrogen (secondary N) is 3. The summed E-state index contributed by atoms with van der Waals surface area (Å²) in [4.78, 5) is 28.1. The fraction of sp³-hybridized carbons (Fsp3) is 0.391. The van der Waals surface area contributed by atoms with Gasteiger partial charge in [-0.2, -0.15) is 15.2 Å². The van der Waals surface area contributed by atoms with Crippen molar-refractivity contribution in [1.82, 2.24) is 39.4 Å². The van der Waals surface area contributed by atoms with Crippen molar-refractivity contribution < 1.29 is 4.79 Å². The second kappa shape index (κ2) is 8.62. The van der Waals surface area contributed by atoms with Gasteiger partial charge in [0.15, 0.2) is 11.5 Å². The van der Waals surface area contributed by atoms with E-state index in [4.69, 9.17) is 0 Å². The lowest BCUT2D eigenvalue weighted by atomic mass is 9.84. The number of carbonyl (C=O) groups is 1. The van der Waals surface area contributed by atoms with Crippen LogP contribution < -0.4 is 16.0 Å². The Kier molecular flexibility index (Phi) is 5.59. The molecule has 4 aromatic rings. The number of rotatable bonds is 7. The van der Waals surface area contributed by atoms with Gasteiger partial charge in [-0.3, -0.25) is 19.4 Å². The summed E-state index contributed by atoms with van der Waals surface area (Å²) in [6.07, 6.45) is 6.93. The molecule has 5 rings (SSSR count). The van der Waals surface area contributed by atoms with Crippen molar-refractivity contribution in [3.05, 3.63) is 36.5 Å². The number of amides is 1. The van der Waals surface area contributed by atoms with Crippen LogP contribution in [0.2, 0.25) is 0 Å². The Bertz CT molecular complexity index is 1400. The normalized spacial score (nSPS) is 15.1. The third-order valence-corrected chi connectivity index (χ3v) is 5.84. The molecule has 1 fully saturated rings. The van der Waals surface area contributed by atoms with E-state index in [1.165, 1.54) is 0 Å². The van der Waals surface area contributed by atoms with Gasteiger partial charge in [-0.1, -0.05) is 13.8 Å². The van der Waals surface area contributed by atoms with E-state index in [0.29, 0.717) is 29.6 Å². The monoisotopic (exact) mass is 475 g/mol. The fourth-order valence-electron chi connectivity index (χ4n) is 4.34. The first kappa shape index (κ1) is 22.7. The van der Waals surface area contributed by atoms with Crippen LogP contribution in [0.1, 0.15) is 19.5 Å². The topological polar surface area (TPSA) is 131 Å². The number of carbonyl (C=O) groups excluding carboxylic acids is 1. The Balaban J connectivity index is 1.31. The molecule has 1 saturated heterocycles. The molecule has 0 unspecified atom stereocenters. The Hall–Kier alpha value is -4.06. The number of hydrogen-bond donors (Lipinski definition) is 3.